The lowest BCUT2D eigenvalue weighted by molar-refractivity contribution is -0.126. The van der Waals surface area contributed by atoms with Crippen LogP contribution in [0.2, 0.25) is 0 Å². The van der Waals surface area contributed by atoms with Crippen molar-refractivity contribution >= 4 is 11.6 Å². The normalized spacial score (nSPS) is 12.8. The summed E-state index contributed by atoms with van der Waals surface area (Å²) >= 11 is 0. The highest BCUT2D eigenvalue weighted by atomic mass is 16.1. The fraction of sp³-hybridized carbons (Fsp3) is 0.923. The number of hydrogen-bond donors (Lipinski definition) is 0. The number of rotatable bonds is 18. The number of carbonyl (C=O) groups is 2. The van der Waals surface area contributed by atoms with E-state index < -0.39 is 0 Å². The SMILES string of the molecule is CC(C)=O.CCCCCCCCCC(C)C(=O)C(C)CCCCCCCCC. The molecule has 0 aliphatic heterocycles. The minimum Gasteiger partial charge on any atom is -0.300 e. The van der Waals surface area contributed by atoms with Crippen molar-refractivity contribution in [2.24, 2.45) is 11.8 Å². The fourth-order valence-electron chi connectivity index (χ4n) is 3.59. The number of carbonyl (C=O) groups excluding carboxylic acids is 2. The molecule has 2 heteroatoms. The second-order valence-corrected chi connectivity index (χ2v) is 8.93. The summed E-state index contributed by atoms with van der Waals surface area (Å²) in [4.78, 5) is 21.9. The Balaban J connectivity index is 0. The van der Waals surface area contributed by atoms with E-state index in [0.717, 1.165) is 12.8 Å². The molecule has 2 atom stereocenters. The molecule has 2 nitrogen and oxygen atoms in total. The van der Waals surface area contributed by atoms with Gasteiger partial charge in [-0.15, -0.1) is 0 Å². The van der Waals surface area contributed by atoms with Crippen LogP contribution < -0.4 is 0 Å². The van der Waals surface area contributed by atoms with E-state index in [2.05, 4.69) is 27.7 Å². The minimum absolute atomic E-state index is 0.167. The summed E-state index contributed by atoms with van der Waals surface area (Å²) in [6.07, 6.45) is 21.0. The lowest BCUT2D eigenvalue weighted by Crippen LogP contribution is -2.19. The Bertz CT molecular complexity index is 318. The van der Waals surface area contributed by atoms with Gasteiger partial charge in [0.1, 0.15) is 11.6 Å². The number of ketones is 2. The number of unbranched alkanes of at least 4 members (excludes halogenated alkanes) is 12. The Labute approximate surface area is 177 Å². The summed E-state index contributed by atoms with van der Waals surface area (Å²) in [5, 5.41) is 0. The van der Waals surface area contributed by atoms with Crippen LogP contribution in [0.15, 0.2) is 0 Å². The largest absolute Gasteiger partial charge is 0.300 e. The summed E-state index contributed by atoms with van der Waals surface area (Å²) in [5.41, 5.74) is 0. The number of hydrogen-bond acceptors (Lipinski definition) is 2. The van der Waals surface area contributed by atoms with Crippen molar-refractivity contribution in [2.75, 3.05) is 0 Å². The molecule has 0 bridgehead atoms. The molecule has 0 aromatic carbocycles. The van der Waals surface area contributed by atoms with Crippen molar-refractivity contribution in [3.8, 4) is 0 Å². The van der Waals surface area contributed by atoms with Crippen LogP contribution in [0.3, 0.4) is 0 Å². The van der Waals surface area contributed by atoms with Crippen molar-refractivity contribution in [3.63, 3.8) is 0 Å². The molecule has 0 aliphatic carbocycles. The van der Waals surface area contributed by atoms with Crippen molar-refractivity contribution in [3.05, 3.63) is 0 Å². The Morgan fingerprint density at radius 1 is 0.536 bits per heavy atom. The lowest BCUT2D eigenvalue weighted by Gasteiger charge is -2.16. The molecular weight excluding hydrogens is 344 g/mol. The minimum atomic E-state index is 0.167. The van der Waals surface area contributed by atoms with E-state index in [-0.39, 0.29) is 17.6 Å². The Morgan fingerprint density at radius 3 is 1.07 bits per heavy atom. The van der Waals surface area contributed by atoms with Crippen LogP contribution in [-0.4, -0.2) is 11.6 Å². The molecule has 0 heterocycles. The van der Waals surface area contributed by atoms with E-state index in [1.165, 1.54) is 104 Å². The fourth-order valence-corrected chi connectivity index (χ4v) is 3.59. The first kappa shape index (κ1) is 29.5. The maximum absolute atomic E-state index is 12.5. The average molecular weight is 397 g/mol. The van der Waals surface area contributed by atoms with Crippen molar-refractivity contribution in [1.29, 1.82) is 0 Å². The maximum Gasteiger partial charge on any atom is 0.138 e. The average Bonchev–Trinajstić information content (AvgIpc) is 2.65. The molecule has 0 fully saturated rings. The predicted molar refractivity (Wildman–Crippen MR) is 125 cm³/mol. The summed E-state index contributed by atoms with van der Waals surface area (Å²) in [6.45, 7) is 11.9. The van der Waals surface area contributed by atoms with Crippen molar-refractivity contribution in [2.45, 2.75) is 144 Å². The van der Waals surface area contributed by atoms with Crippen molar-refractivity contribution < 1.29 is 9.59 Å². The Kier molecular flexibility index (Phi) is 23.9. The topological polar surface area (TPSA) is 34.1 Å². The number of Topliss-reactive ketones (excluding diaryl/α,β-unsaturated/α-hetero) is 2. The summed E-state index contributed by atoms with van der Waals surface area (Å²) < 4.78 is 0. The lowest BCUT2D eigenvalue weighted by atomic mass is 9.88. The molecule has 0 N–H and O–H groups in total. The predicted octanol–water partition coefficient (Wildman–Crippen LogP) is 8.70. The van der Waals surface area contributed by atoms with Gasteiger partial charge in [-0.05, 0) is 26.7 Å². The smallest absolute Gasteiger partial charge is 0.138 e. The van der Waals surface area contributed by atoms with Gasteiger partial charge in [0.2, 0.25) is 0 Å². The standard InChI is InChI=1S/C23H46O.C3H6O/c1-5-7-9-11-13-15-17-19-21(3)23(24)22(4)20-18-16-14-12-10-8-6-2;1-3(2)4/h21-22H,5-20H2,1-4H3;1-2H3. The molecule has 0 aromatic heterocycles. The quantitative estimate of drug-likeness (QED) is 0.217. The van der Waals surface area contributed by atoms with E-state index in [9.17, 15) is 9.59 Å². The molecular formula is C26H52O2. The van der Waals surface area contributed by atoms with E-state index in [1.807, 2.05) is 0 Å². The molecule has 0 saturated heterocycles. The van der Waals surface area contributed by atoms with E-state index in [0.29, 0.717) is 5.78 Å². The molecule has 168 valence electrons. The van der Waals surface area contributed by atoms with Crippen LogP contribution in [0.25, 0.3) is 0 Å². The van der Waals surface area contributed by atoms with Crippen LogP contribution in [0, 0.1) is 11.8 Å². The van der Waals surface area contributed by atoms with Gasteiger partial charge in [-0.3, -0.25) is 4.79 Å². The monoisotopic (exact) mass is 396 g/mol. The van der Waals surface area contributed by atoms with Gasteiger partial charge in [0.15, 0.2) is 0 Å². The van der Waals surface area contributed by atoms with Gasteiger partial charge in [-0.1, -0.05) is 118 Å². The molecule has 0 rings (SSSR count). The highest BCUT2D eigenvalue weighted by Gasteiger charge is 2.19. The molecule has 0 amide bonds. The van der Waals surface area contributed by atoms with Gasteiger partial charge in [0.25, 0.3) is 0 Å². The molecule has 0 aromatic rings. The Hall–Kier alpha value is -0.660. The molecule has 28 heavy (non-hydrogen) atoms. The van der Waals surface area contributed by atoms with E-state index in [4.69, 9.17) is 0 Å². The van der Waals surface area contributed by atoms with Gasteiger partial charge in [-0.25, -0.2) is 0 Å². The van der Waals surface area contributed by atoms with Gasteiger partial charge >= 0.3 is 0 Å². The third kappa shape index (κ3) is 23.4. The van der Waals surface area contributed by atoms with Crippen LogP contribution in [0.4, 0.5) is 0 Å². The molecule has 0 radical (unpaired) electrons. The zero-order valence-electron chi connectivity index (χ0n) is 20.3. The van der Waals surface area contributed by atoms with Gasteiger partial charge in [0.05, 0.1) is 0 Å². The summed E-state index contributed by atoms with van der Waals surface area (Å²) in [7, 11) is 0. The second-order valence-electron chi connectivity index (χ2n) is 8.93. The molecule has 0 aliphatic rings. The van der Waals surface area contributed by atoms with E-state index >= 15 is 0 Å². The Morgan fingerprint density at radius 2 is 0.786 bits per heavy atom. The van der Waals surface area contributed by atoms with Crippen LogP contribution in [0.5, 0.6) is 0 Å². The highest BCUT2D eigenvalue weighted by Crippen LogP contribution is 2.20. The van der Waals surface area contributed by atoms with Crippen molar-refractivity contribution in [1.82, 2.24) is 0 Å². The highest BCUT2D eigenvalue weighted by molar-refractivity contribution is 5.82. The second kappa shape index (κ2) is 22.6. The first-order valence-corrected chi connectivity index (χ1v) is 12.4. The zero-order valence-corrected chi connectivity index (χ0v) is 20.3. The zero-order chi connectivity index (χ0) is 21.6. The summed E-state index contributed by atoms with van der Waals surface area (Å²) in [6, 6.07) is 0. The molecule has 0 spiro atoms. The first-order chi connectivity index (χ1) is 13.4. The third-order valence-electron chi connectivity index (χ3n) is 5.45. The van der Waals surface area contributed by atoms with Gasteiger partial charge in [0, 0.05) is 11.8 Å². The van der Waals surface area contributed by atoms with Crippen LogP contribution in [-0.2, 0) is 9.59 Å². The van der Waals surface area contributed by atoms with Crippen LogP contribution >= 0.6 is 0 Å². The third-order valence-corrected chi connectivity index (χ3v) is 5.45. The summed E-state index contributed by atoms with van der Waals surface area (Å²) in [5.74, 6) is 1.24. The van der Waals surface area contributed by atoms with Gasteiger partial charge < -0.3 is 4.79 Å². The maximum atomic E-state index is 12.5. The molecule has 2 unspecified atom stereocenters. The molecule has 0 saturated carbocycles. The van der Waals surface area contributed by atoms with Gasteiger partial charge in [-0.2, -0.15) is 0 Å². The van der Waals surface area contributed by atoms with E-state index in [1.54, 1.807) is 0 Å². The van der Waals surface area contributed by atoms with Crippen LogP contribution in [0.1, 0.15) is 144 Å². The first-order valence-electron chi connectivity index (χ1n) is 12.4.